The Morgan fingerprint density at radius 2 is 1.95 bits per heavy atom. The maximum Gasteiger partial charge on any atom is 0.244 e. The van der Waals surface area contributed by atoms with E-state index in [4.69, 9.17) is 5.73 Å². The van der Waals surface area contributed by atoms with Gasteiger partial charge in [-0.25, -0.2) is 0 Å². The normalized spacial score (nSPS) is 13.7. The lowest BCUT2D eigenvalue weighted by Gasteiger charge is -2.27. The van der Waals surface area contributed by atoms with Gasteiger partial charge in [0.1, 0.15) is 6.04 Å². The molecular formula is C17H22N2OS. The Balaban J connectivity index is 2.02. The highest BCUT2D eigenvalue weighted by Gasteiger charge is 2.23. The fourth-order valence-electron chi connectivity index (χ4n) is 2.21. The van der Waals surface area contributed by atoms with Gasteiger partial charge in [0, 0.05) is 24.4 Å². The van der Waals surface area contributed by atoms with E-state index in [1.54, 1.807) is 16.2 Å². The van der Waals surface area contributed by atoms with Crippen LogP contribution >= 0.6 is 11.3 Å². The topological polar surface area (TPSA) is 46.3 Å². The summed E-state index contributed by atoms with van der Waals surface area (Å²) in [4.78, 5) is 15.5. The van der Waals surface area contributed by atoms with Crippen LogP contribution in [0, 0.1) is 6.92 Å². The van der Waals surface area contributed by atoms with Crippen molar-refractivity contribution in [1.82, 2.24) is 4.90 Å². The summed E-state index contributed by atoms with van der Waals surface area (Å²) in [5.74, 6) is -0.0390. The number of benzene rings is 1. The van der Waals surface area contributed by atoms with Gasteiger partial charge in [0.25, 0.3) is 0 Å². The molecule has 0 aliphatic rings. The Labute approximate surface area is 130 Å². The molecule has 112 valence electrons. The van der Waals surface area contributed by atoms with Gasteiger partial charge in [-0.2, -0.15) is 0 Å². The third-order valence-electron chi connectivity index (χ3n) is 3.79. The first-order chi connectivity index (χ1) is 9.99. The van der Waals surface area contributed by atoms with Gasteiger partial charge < -0.3 is 10.6 Å². The van der Waals surface area contributed by atoms with Crippen molar-refractivity contribution in [2.75, 3.05) is 7.05 Å². The summed E-state index contributed by atoms with van der Waals surface area (Å²) in [5.41, 5.74) is 8.14. The second kappa shape index (κ2) is 6.87. The third kappa shape index (κ3) is 3.93. The fraction of sp³-hybridized carbons (Fsp3) is 0.353. The van der Waals surface area contributed by atoms with Crippen molar-refractivity contribution < 1.29 is 4.79 Å². The van der Waals surface area contributed by atoms with Crippen molar-refractivity contribution >= 4 is 17.2 Å². The number of hydrogen-bond acceptors (Lipinski definition) is 3. The number of nitrogens with two attached hydrogens (primary N) is 1. The first kappa shape index (κ1) is 15.7. The van der Waals surface area contributed by atoms with Gasteiger partial charge in [-0.15, -0.1) is 11.3 Å². The molecule has 4 heteroatoms. The van der Waals surface area contributed by atoms with E-state index >= 15 is 0 Å². The van der Waals surface area contributed by atoms with Crippen molar-refractivity contribution in [2.24, 2.45) is 5.73 Å². The summed E-state index contributed by atoms with van der Waals surface area (Å²) < 4.78 is 0. The Morgan fingerprint density at radius 1 is 1.29 bits per heavy atom. The van der Waals surface area contributed by atoms with E-state index in [1.807, 2.05) is 44.3 Å². The monoisotopic (exact) mass is 302 g/mol. The molecule has 0 radical (unpaired) electrons. The number of thiophene rings is 1. The zero-order chi connectivity index (χ0) is 15.4. The third-order valence-corrected chi connectivity index (χ3v) is 4.69. The minimum absolute atomic E-state index is 0.0390. The Kier molecular flexibility index (Phi) is 5.15. The molecule has 2 aromatic rings. The van der Waals surface area contributed by atoms with Crippen molar-refractivity contribution in [3.8, 4) is 0 Å². The molecule has 0 bridgehead atoms. The molecule has 2 atom stereocenters. The highest BCUT2D eigenvalue weighted by atomic mass is 32.1. The quantitative estimate of drug-likeness (QED) is 0.922. The number of carbonyl (C=O) groups excluding carboxylic acids is 1. The van der Waals surface area contributed by atoms with Gasteiger partial charge >= 0.3 is 0 Å². The van der Waals surface area contributed by atoms with E-state index in [9.17, 15) is 4.79 Å². The van der Waals surface area contributed by atoms with Crippen molar-refractivity contribution in [3.63, 3.8) is 0 Å². The van der Waals surface area contributed by atoms with E-state index in [0.717, 1.165) is 17.5 Å². The molecule has 21 heavy (non-hydrogen) atoms. The summed E-state index contributed by atoms with van der Waals surface area (Å²) >= 11 is 1.72. The van der Waals surface area contributed by atoms with Crippen LogP contribution in [0.1, 0.15) is 29.0 Å². The predicted octanol–water partition coefficient (Wildman–Crippen LogP) is 3.15. The van der Waals surface area contributed by atoms with E-state index in [-0.39, 0.29) is 11.9 Å². The van der Waals surface area contributed by atoms with Gasteiger partial charge in [-0.3, -0.25) is 4.79 Å². The standard InChI is InChI=1S/C17H22N2OS/c1-12-6-8-14(9-7-12)16(18)17(20)19(3)13(2)11-15-5-4-10-21-15/h4-10,13,16H,11,18H2,1-3H3. The Morgan fingerprint density at radius 3 is 2.52 bits per heavy atom. The number of aryl methyl sites for hydroxylation is 1. The maximum absolute atomic E-state index is 12.5. The smallest absolute Gasteiger partial charge is 0.244 e. The molecule has 2 unspecified atom stereocenters. The number of carbonyl (C=O) groups is 1. The van der Waals surface area contributed by atoms with Crippen LogP contribution in [0.15, 0.2) is 41.8 Å². The molecule has 3 nitrogen and oxygen atoms in total. The van der Waals surface area contributed by atoms with E-state index in [1.165, 1.54) is 4.88 Å². The van der Waals surface area contributed by atoms with Gasteiger partial charge in [0.2, 0.25) is 5.91 Å². The van der Waals surface area contributed by atoms with E-state index in [2.05, 4.69) is 18.4 Å². The molecule has 2 N–H and O–H groups in total. The first-order valence-corrected chi connectivity index (χ1v) is 7.98. The lowest BCUT2D eigenvalue weighted by atomic mass is 10.0. The largest absolute Gasteiger partial charge is 0.341 e. The highest BCUT2D eigenvalue weighted by Crippen LogP contribution is 2.18. The number of likely N-dealkylation sites (N-methyl/N-ethyl adjacent to an activating group) is 1. The molecule has 0 spiro atoms. The van der Waals surface area contributed by atoms with Crippen LogP contribution in [0.2, 0.25) is 0 Å². The summed E-state index contributed by atoms with van der Waals surface area (Å²) in [5, 5.41) is 2.06. The van der Waals surface area contributed by atoms with Crippen molar-refractivity contribution in [3.05, 3.63) is 57.8 Å². The molecule has 0 aliphatic carbocycles. The van der Waals surface area contributed by atoms with Crippen LogP contribution in [0.4, 0.5) is 0 Å². The number of nitrogens with zero attached hydrogens (tertiary/aromatic N) is 1. The van der Waals surface area contributed by atoms with Crippen molar-refractivity contribution in [1.29, 1.82) is 0 Å². The van der Waals surface area contributed by atoms with E-state index < -0.39 is 6.04 Å². The average molecular weight is 302 g/mol. The van der Waals surface area contributed by atoms with Gasteiger partial charge in [0.15, 0.2) is 0 Å². The predicted molar refractivity (Wildman–Crippen MR) is 88.4 cm³/mol. The van der Waals surface area contributed by atoms with Crippen LogP contribution < -0.4 is 5.73 Å². The first-order valence-electron chi connectivity index (χ1n) is 7.10. The zero-order valence-electron chi connectivity index (χ0n) is 12.7. The van der Waals surface area contributed by atoms with Crippen LogP contribution in [0.3, 0.4) is 0 Å². The van der Waals surface area contributed by atoms with Crippen LogP contribution in [-0.2, 0) is 11.2 Å². The minimum Gasteiger partial charge on any atom is -0.341 e. The fourth-order valence-corrected chi connectivity index (χ4v) is 3.04. The number of amides is 1. The van der Waals surface area contributed by atoms with Crippen molar-refractivity contribution in [2.45, 2.75) is 32.4 Å². The zero-order valence-corrected chi connectivity index (χ0v) is 13.6. The Hall–Kier alpha value is -1.65. The van der Waals surface area contributed by atoms with E-state index in [0.29, 0.717) is 0 Å². The second-order valence-electron chi connectivity index (χ2n) is 5.47. The molecular weight excluding hydrogens is 280 g/mol. The SMILES string of the molecule is Cc1ccc(C(N)C(=O)N(C)C(C)Cc2cccs2)cc1. The number of rotatable bonds is 5. The summed E-state index contributed by atoms with van der Waals surface area (Å²) in [6.45, 7) is 4.08. The molecule has 0 saturated carbocycles. The lowest BCUT2D eigenvalue weighted by Crippen LogP contribution is -2.41. The molecule has 0 aliphatic heterocycles. The number of hydrogen-bond donors (Lipinski definition) is 1. The molecule has 1 aromatic carbocycles. The lowest BCUT2D eigenvalue weighted by molar-refractivity contribution is -0.133. The molecule has 1 heterocycles. The van der Waals surface area contributed by atoms with Crippen LogP contribution in [0.5, 0.6) is 0 Å². The van der Waals surface area contributed by atoms with Crippen LogP contribution in [-0.4, -0.2) is 23.9 Å². The molecule has 0 saturated heterocycles. The Bertz CT molecular complexity index is 577. The average Bonchev–Trinajstić information content (AvgIpc) is 2.98. The van der Waals surface area contributed by atoms with Gasteiger partial charge in [0.05, 0.1) is 0 Å². The summed E-state index contributed by atoms with van der Waals surface area (Å²) in [7, 11) is 1.83. The highest BCUT2D eigenvalue weighted by molar-refractivity contribution is 7.09. The molecule has 0 fully saturated rings. The second-order valence-corrected chi connectivity index (χ2v) is 6.50. The van der Waals surface area contributed by atoms with Gasteiger partial charge in [-0.05, 0) is 30.9 Å². The molecule has 2 rings (SSSR count). The minimum atomic E-state index is -0.596. The molecule has 1 aromatic heterocycles. The maximum atomic E-state index is 12.5. The van der Waals surface area contributed by atoms with Gasteiger partial charge in [-0.1, -0.05) is 35.9 Å². The molecule has 1 amide bonds. The summed E-state index contributed by atoms with van der Waals surface area (Å²) in [6.07, 6.45) is 0.862. The van der Waals surface area contributed by atoms with Crippen LogP contribution in [0.25, 0.3) is 0 Å². The summed E-state index contributed by atoms with van der Waals surface area (Å²) in [6, 6.07) is 11.5.